The lowest BCUT2D eigenvalue weighted by atomic mass is 10.3. The molecule has 2 heteroatoms. The van der Waals surface area contributed by atoms with Gasteiger partial charge in [0.25, 0.3) is 0 Å². The van der Waals surface area contributed by atoms with E-state index in [2.05, 4.69) is 16.8 Å². The van der Waals surface area contributed by atoms with Crippen LogP contribution in [0.4, 0.5) is 0 Å². The molecule has 0 amide bonds. The topological polar surface area (TPSA) is 28.7 Å². The van der Waals surface area contributed by atoms with Crippen LogP contribution >= 0.6 is 0 Å². The predicted molar refractivity (Wildman–Crippen MR) is 58.7 cm³/mol. The van der Waals surface area contributed by atoms with E-state index in [4.69, 9.17) is 0 Å². The van der Waals surface area contributed by atoms with Gasteiger partial charge in [-0.15, -0.1) is 0 Å². The first-order valence-electron chi connectivity index (χ1n) is 4.58. The van der Waals surface area contributed by atoms with Crippen molar-refractivity contribution in [2.75, 3.05) is 0 Å². The van der Waals surface area contributed by atoms with Gasteiger partial charge in [0.1, 0.15) is 0 Å². The molecule has 0 bridgehead atoms. The lowest BCUT2D eigenvalue weighted by Gasteiger charge is -1.76. The number of aryl methyl sites for hydroxylation is 1. The Labute approximate surface area is 79.7 Å². The van der Waals surface area contributed by atoms with Gasteiger partial charge in [-0.1, -0.05) is 38.7 Å². The van der Waals surface area contributed by atoms with Crippen molar-refractivity contribution in [2.45, 2.75) is 27.7 Å². The summed E-state index contributed by atoms with van der Waals surface area (Å²) in [5, 5.41) is 8.80. The van der Waals surface area contributed by atoms with E-state index in [-0.39, 0.29) is 0 Å². The zero-order valence-corrected chi connectivity index (χ0v) is 8.89. The minimum atomic E-state index is 0.876. The summed E-state index contributed by atoms with van der Waals surface area (Å²) in [7, 11) is 0. The molecule has 72 valence electrons. The number of rotatable bonds is 1. The van der Waals surface area contributed by atoms with Gasteiger partial charge in [-0.05, 0) is 13.8 Å². The second kappa shape index (κ2) is 6.23. The van der Waals surface area contributed by atoms with Crippen molar-refractivity contribution in [1.29, 1.82) is 0 Å². The van der Waals surface area contributed by atoms with E-state index in [0.29, 0.717) is 0 Å². The minimum absolute atomic E-state index is 0.876. The van der Waals surface area contributed by atoms with Gasteiger partial charge in [0.15, 0.2) is 0 Å². The van der Waals surface area contributed by atoms with Gasteiger partial charge in [-0.2, -0.15) is 5.10 Å². The molecule has 0 aliphatic heterocycles. The summed E-state index contributed by atoms with van der Waals surface area (Å²) in [5.41, 5.74) is 0.994. The van der Waals surface area contributed by atoms with Crippen LogP contribution < -0.4 is 10.6 Å². The van der Waals surface area contributed by atoms with Crippen LogP contribution in [-0.2, 0) is 0 Å². The first-order chi connectivity index (χ1) is 6.25. The summed E-state index contributed by atoms with van der Waals surface area (Å²) in [5.74, 6) is 0. The molecule has 0 radical (unpaired) electrons. The molecule has 1 N–H and O–H groups in total. The molecule has 0 atom stereocenters. The van der Waals surface area contributed by atoms with E-state index in [1.807, 2.05) is 45.9 Å². The fraction of sp³-hybridized carbons (Fsp3) is 0.364. The Bertz CT molecular complexity index is 358. The van der Waals surface area contributed by atoms with Crippen LogP contribution in [0, 0.1) is 6.92 Å². The van der Waals surface area contributed by atoms with Crippen LogP contribution in [0.1, 0.15) is 26.5 Å². The predicted octanol–water partition coefficient (Wildman–Crippen LogP) is 1.51. The average molecular weight is 178 g/mol. The Kier molecular flexibility index (Phi) is 5.60. The molecule has 0 aliphatic carbocycles. The van der Waals surface area contributed by atoms with Crippen LogP contribution in [-0.4, -0.2) is 10.2 Å². The number of hydrogen-bond acceptors (Lipinski definition) is 1. The highest BCUT2D eigenvalue weighted by Gasteiger charge is 1.89. The number of nitrogens with zero attached hydrogens (tertiary/aromatic N) is 1. The van der Waals surface area contributed by atoms with Crippen molar-refractivity contribution < 1.29 is 0 Å². The zero-order chi connectivity index (χ0) is 10.3. The van der Waals surface area contributed by atoms with E-state index in [0.717, 1.165) is 16.3 Å². The Balaban J connectivity index is 0.000000671. The first kappa shape index (κ1) is 11.7. The molecule has 0 spiro atoms. The smallest absolute Gasteiger partial charge is 0.0669 e. The normalized spacial score (nSPS) is 11.5. The third-order valence-corrected chi connectivity index (χ3v) is 1.53. The van der Waals surface area contributed by atoms with Crippen molar-refractivity contribution in [1.82, 2.24) is 10.2 Å². The van der Waals surface area contributed by atoms with Gasteiger partial charge in [-0.25, -0.2) is 0 Å². The Morgan fingerprint density at radius 3 is 2.38 bits per heavy atom. The second-order valence-corrected chi connectivity index (χ2v) is 2.39. The summed E-state index contributed by atoms with van der Waals surface area (Å²) in [4.78, 5) is 0. The third kappa shape index (κ3) is 3.28. The molecule has 0 unspecified atom stereocenters. The van der Waals surface area contributed by atoms with E-state index >= 15 is 0 Å². The Morgan fingerprint density at radius 2 is 2.00 bits per heavy atom. The van der Waals surface area contributed by atoms with Crippen LogP contribution in [0.15, 0.2) is 12.2 Å². The molecule has 0 saturated heterocycles. The maximum Gasteiger partial charge on any atom is 0.0669 e. The van der Waals surface area contributed by atoms with Crippen molar-refractivity contribution in [3.05, 3.63) is 28.4 Å². The number of hydrogen-bond donors (Lipinski definition) is 1. The number of H-pyrrole nitrogens is 1. The SMILES string of the molecule is C=c1[nH]nc(C)/c1=C/C=C\C.CC. The van der Waals surface area contributed by atoms with E-state index < -0.39 is 0 Å². The molecule has 2 nitrogen and oxygen atoms in total. The molecule has 0 saturated carbocycles. The molecular weight excluding hydrogens is 160 g/mol. The van der Waals surface area contributed by atoms with Crippen molar-refractivity contribution in [2.24, 2.45) is 0 Å². The average Bonchev–Trinajstić information content (AvgIpc) is 2.47. The highest BCUT2D eigenvalue weighted by molar-refractivity contribution is 5.37. The number of aromatic nitrogens is 2. The molecule has 1 aromatic rings. The van der Waals surface area contributed by atoms with E-state index in [1.165, 1.54) is 0 Å². The van der Waals surface area contributed by atoms with Crippen molar-refractivity contribution >= 4 is 12.7 Å². The van der Waals surface area contributed by atoms with Gasteiger partial charge in [-0.3, -0.25) is 5.10 Å². The van der Waals surface area contributed by atoms with Gasteiger partial charge in [0.05, 0.1) is 11.0 Å². The molecule has 0 fully saturated rings. The highest BCUT2D eigenvalue weighted by atomic mass is 15.1. The first-order valence-corrected chi connectivity index (χ1v) is 4.58. The summed E-state index contributed by atoms with van der Waals surface area (Å²) in [6.07, 6.45) is 5.96. The Morgan fingerprint density at radius 1 is 1.38 bits per heavy atom. The molecule has 1 heterocycles. The lowest BCUT2D eigenvalue weighted by Crippen LogP contribution is -2.21. The molecule has 0 aromatic carbocycles. The number of allylic oxidation sites excluding steroid dienone is 2. The number of nitrogens with one attached hydrogen (secondary N) is 1. The van der Waals surface area contributed by atoms with Crippen LogP contribution in [0.5, 0.6) is 0 Å². The maximum absolute atomic E-state index is 4.02. The van der Waals surface area contributed by atoms with Crippen molar-refractivity contribution in [3.8, 4) is 0 Å². The van der Waals surface area contributed by atoms with Crippen LogP contribution in [0.2, 0.25) is 0 Å². The van der Waals surface area contributed by atoms with Crippen LogP contribution in [0.25, 0.3) is 12.7 Å². The largest absolute Gasteiger partial charge is 0.278 e. The lowest BCUT2D eigenvalue weighted by molar-refractivity contribution is 1.03. The zero-order valence-electron chi connectivity index (χ0n) is 8.89. The van der Waals surface area contributed by atoms with Crippen LogP contribution in [0.3, 0.4) is 0 Å². The summed E-state index contributed by atoms with van der Waals surface area (Å²) in [6, 6.07) is 0. The fourth-order valence-electron chi connectivity index (χ4n) is 0.904. The summed E-state index contributed by atoms with van der Waals surface area (Å²) < 4.78 is 0. The van der Waals surface area contributed by atoms with Gasteiger partial charge in [0, 0.05) is 5.22 Å². The second-order valence-electron chi connectivity index (χ2n) is 2.39. The summed E-state index contributed by atoms with van der Waals surface area (Å²) in [6.45, 7) is 11.8. The minimum Gasteiger partial charge on any atom is -0.278 e. The highest BCUT2D eigenvalue weighted by Crippen LogP contribution is 1.75. The monoisotopic (exact) mass is 178 g/mol. The van der Waals surface area contributed by atoms with Gasteiger partial charge >= 0.3 is 0 Å². The standard InChI is InChI=1S/C9H12N2.C2H6/c1-4-5-6-9-7(2)10-11-8(9)3;1-2/h4-6,10H,2H2,1,3H3;1-2H3/b5-4-,9-6+;. The number of aromatic amines is 1. The van der Waals surface area contributed by atoms with Gasteiger partial charge in [0.2, 0.25) is 0 Å². The van der Waals surface area contributed by atoms with E-state index in [1.54, 1.807) is 0 Å². The van der Waals surface area contributed by atoms with E-state index in [9.17, 15) is 0 Å². The molecule has 1 aromatic heterocycles. The molecule has 1 rings (SSSR count). The maximum atomic E-state index is 4.02. The third-order valence-electron chi connectivity index (χ3n) is 1.53. The summed E-state index contributed by atoms with van der Waals surface area (Å²) >= 11 is 0. The Hall–Kier alpha value is -1.31. The molecular formula is C11H18N2. The molecule has 13 heavy (non-hydrogen) atoms. The van der Waals surface area contributed by atoms with Gasteiger partial charge < -0.3 is 0 Å². The fourth-order valence-corrected chi connectivity index (χ4v) is 0.904. The van der Waals surface area contributed by atoms with Crippen molar-refractivity contribution in [3.63, 3.8) is 0 Å². The quantitative estimate of drug-likeness (QED) is 0.694. The molecule has 0 aliphatic rings.